The first kappa shape index (κ1) is 37.7. The molecule has 2 aliphatic carbocycles. The average molecular weight is 693 g/mol. The molecule has 11 nitrogen and oxygen atoms in total. The van der Waals surface area contributed by atoms with E-state index in [0.29, 0.717) is 36.4 Å². The summed E-state index contributed by atoms with van der Waals surface area (Å²) < 4.78 is 0. The van der Waals surface area contributed by atoms with E-state index in [1.165, 1.54) is 0 Å². The highest BCUT2D eigenvalue weighted by Crippen LogP contribution is 2.33. The minimum atomic E-state index is -0.842. The Bertz CT molecular complexity index is 1420. The maximum absolute atomic E-state index is 14.3. The summed E-state index contributed by atoms with van der Waals surface area (Å²) in [6, 6.07) is 13.1. The lowest BCUT2D eigenvalue weighted by atomic mass is 9.76. The second-order valence-electron chi connectivity index (χ2n) is 13.6. The number of benzene rings is 2. The molecule has 2 aromatic rings. The van der Waals surface area contributed by atoms with Crippen LogP contribution in [0.3, 0.4) is 0 Å². The standard InChI is InChI=1S/C37H53ClN8O3/c38-29-19-15-25(16-20-29)23-44-35(48)31(12-7-21-43-37(41)42)45-36(49)32(27-10-5-2-6-11-27)46-34(47)30(26-8-3-1-4-9-26)22-24-13-17-28(18-14-24)33(39)40/h13-20,26-27,30-32H,1-12,21-23H2,(H3,39,40)(H,44,48)(H,45,49)(H,46,47)(H4,41,42,43)/t30?,31-,32?/m0/s1. The van der Waals surface area contributed by atoms with Crippen molar-refractivity contribution in [3.63, 3.8) is 0 Å². The minimum absolute atomic E-state index is 0.00247. The van der Waals surface area contributed by atoms with E-state index < -0.39 is 12.1 Å². The first-order chi connectivity index (χ1) is 23.6. The van der Waals surface area contributed by atoms with E-state index in [-0.39, 0.29) is 53.8 Å². The van der Waals surface area contributed by atoms with Crippen LogP contribution in [-0.4, -0.2) is 48.1 Å². The van der Waals surface area contributed by atoms with Gasteiger partial charge in [0.15, 0.2) is 5.96 Å². The van der Waals surface area contributed by atoms with Gasteiger partial charge in [0, 0.05) is 29.6 Å². The maximum atomic E-state index is 14.3. The van der Waals surface area contributed by atoms with Crippen molar-refractivity contribution in [2.24, 2.45) is 39.9 Å². The fourth-order valence-electron chi connectivity index (χ4n) is 7.16. The Balaban J connectivity index is 1.52. The zero-order valence-electron chi connectivity index (χ0n) is 28.4. The molecular weight excluding hydrogens is 640 g/mol. The molecule has 0 bridgehead atoms. The molecule has 0 aliphatic heterocycles. The normalized spacial score (nSPS) is 17.2. The molecule has 0 spiro atoms. The lowest BCUT2D eigenvalue weighted by Gasteiger charge is -2.34. The molecule has 2 aliphatic rings. The summed E-state index contributed by atoms with van der Waals surface area (Å²) in [5.41, 5.74) is 19.2. The fourth-order valence-corrected chi connectivity index (χ4v) is 7.28. The second-order valence-corrected chi connectivity index (χ2v) is 14.0. The monoisotopic (exact) mass is 692 g/mol. The highest BCUT2D eigenvalue weighted by Gasteiger charge is 2.37. The van der Waals surface area contributed by atoms with E-state index in [0.717, 1.165) is 75.3 Å². The molecule has 3 amide bonds. The summed E-state index contributed by atoms with van der Waals surface area (Å²) in [5, 5.41) is 17.5. The number of hydrogen-bond acceptors (Lipinski definition) is 5. The van der Waals surface area contributed by atoms with E-state index in [2.05, 4.69) is 20.9 Å². The maximum Gasteiger partial charge on any atom is 0.243 e. The van der Waals surface area contributed by atoms with Crippen molar-refractivity contribution in [3.05, 3.63) is 70.2 Å². The first-order valence-electron chi connectivity index (χ1n) is 17.7. The second kappa shape index (κ2) is 19.2. The molecule has 2 unspecified atom stereocenters. The van der Waals surface area contributed by atoms with Crippen LogP contribution in [0.4, 0.5) is 0 Å². The number of amidine groups is 1. The van der Waals surface area contributed by atoms with Crippen LogP contribution in [0.25, 0.3) is 0 Å². The topological polar surface area (TPSA) is 202 Å². The highest BCUT2D eigenvalue weighted by atomic mass is 35.5. The van der Waals surface area contributed by atoms with Crippen molar-refractivity contribution in [1.29, 1.82) is 5.41 Å². The molecule has 12 heteroatoms. The third-order valence-corrected chi connectivity index (χ3v) is 10.2. The van der Waals surface area contributed by atoms with Gasteiger partial charge in [-0.3, -0.25) is 24.8 Å². The summed E-state index contributed by atoms with van der Waals surface area (Å²) >= 11 is 6.02. The van der Waals surface area contributed by atoms with Crippen LogP contribution in [0.5, 0.6) is 0 Å². The number of carbonyl (C=O) groups excluding carboxylic acids is 3. The van der Waals surface area contributed by atoms with Crippen LogP contribution in [0.15, 0.2) is 53.5 Å². The molecule has 49 heavy (non-hydrogen) atoms. The Labute approximate surface area is 295 Å². The third kappa shape index (κ3) is 12.1. The molecular formula is C37H53ClN8O3. The summed E-state index contributed by atoms with van der Waals surface area (Å²) in [5.74, 6) is -0.946. The van der Waals surface area contributed by atoms with Crippen LogP contribution in [0.1, 0.15) is 93.7 Å². The van der Waals surface area contributed by atoms with Crippen LogP contribution < -0.4 is 33.2 Å². The van der Waals surface area contributed by atoms with Gasteiger partial charge < -0.3 is 33.2 Å². The van der Waals surface area contributed by atoms with Gasteiger partial charge in [-0.25, -0.2) is 0 Å². The molecule has 2 fully saturated rings. The number of nitrogen functional groups attached to an aromatic ring is 1. The van der Waals surface area contributed by atoms with Crippen LogP contribution in [-0.2, 0) is 27.3 Å². The van der Waals surface area contributed by atoms with E-state index in [1.807, 2.05) is 36.4 Å². The quantitative estimate of drug-likeness (QED) is 0.0777. The van der Waals surface area contributed by atoms with E-state index in [9.17, 15) is 14.4 Å². The molecule has 3 atom stereocenters. The summed E-state index contributed by atoms with van der Waals surface area (Å²) in [6.45, 7) is 0.591. The smallest absolute Gasteiger partial charge is 0.243 e. The number of carbonyl (C=O) groups is 3. The van der Waals surface area contributed by atoms with E-state index >= 15 is 0 Å². The van der Waals surface area contributed by atoms with Gasteiger partial charge in [0.2, 0.25) is 17.7 Å². The zero-order valence-corrected chi connectivity index (χ0v) is 29.2. The molecule has 2 saturated carbocycles. The van der Waals surface area contributed by atoms with Crippen LogP contribution >= 0.6 is 11.6 Å². The fraction of sp³-hybridized carbons (Fsp3) is 0.541. The molecule has 266 valence electrons. The van der Waals surface area contributed by atoms with Crippen molar-refractivity contribution in [1.82, 2.24) is 16.0 Å². The van der Waals surface area contributed by atoms with Crippen molar-refractivity contribution in [2.75, 3.05) is 6.54 Å². The number of aliphatic imine (C=N–C) groups is 1. The number of rotatable bonds is 16. The predicted molar refractivity (Wildman–Crippen MR) is 195 cm³/mol. The van der Waals surface area contributed by atoms with E-state index in [4.69, 9.17) is 34.2 Å². The van der Waals surface area contributed by atoms with Gasteiger partial charge in [0.05, 0.1) is 0 Å². The number of hydrogen-bond donors (Lipinski definition) is 7. The van der Waals surface area contributed by atoms with Crippen molar-refractivity contribution >= 4 is 41.1 Å². The highest BCUT2D eigenvalue weighted by molar-refractivity contribution is 6.30. The SMILES string of the molecule is N=C(N)c1ccc(CC(C(=O)NC(C(=O)N[C@@H](CCCN=C(N)N)C(=O)NCc2ccc(Cl)cc2)C2CCCCC2)C2CCCCC2)cc1. The lowest BCUT2D eigenvalue weighted by Crippen LogP contribution is -2.57. The van der Waals surface area contributed by atoms with E-state index in [1.54, 1.807) is 12.1 Å². The molecule has 0 aromatic heterocycles. The molecule has 0 radical (unpaired) electrons. The van der Waals surface area contributed by atoms with Gasteiger partial charge in [-0.1, -0.05) is 86.5 Å². The third-order valence-electron chi connectivity index (χ3n) is 9.94. The Hall–Kier alpha value is -4.12. The van der Waals surface area contributed by atoms with Crippen molar-refractivity contribution < 1.29 is 14.4 Å². The zero-order chi connectivity index (χ0) is 35.2. The summed E-state index contributed by atoms with van der Waals surface area (Å²) in [7, 11) is 0. The van der Waals surface area contributed by atoms with Crippen molar-refractivity contribution in [3.8, 4) is 0 Å². The number of halogens is 1. The predicted octanol–water partition coefficient (Wildman–Crippen LogP) is 4.28. The Morgan fingerprint density at radius 3 is 1.96 bits per heavy atom. The summed E-state index contributed by atoms with van der Waals surface area (Å²) in [6.07, 6.45) is 11.3. The minimum Gasteiger partial charge on any atom is -0.384 e. The van der Waals surface area contributed by atoms with Gasteiger partial charge in [0.1, 0.15) is 17.9 Å². The van der Waals surface area contributed by atoms with Gasteiger partial charge in [-0.05, 0) is 80.0 Å². The number of nitrogens with two attached hydrogens (primary N) is 3. The first-order valence-corrected chi connectivity index (χ1v) is 18.1. The Morgan fingerprint density at radius 1 is 0.776 bits per heavy atom. The van der Waals surface area contributed by atoms with Gasteiger partial charge in [-0.15, -0.1) is 0 Å². The van der Waals surface area contributed by atoms with Gasteiger partial charge in [-0.2, -0.15) is 0 Å². The van der Waals surface area contributed by atoms with Gasteiger partial charge in [0.25, 0.3) is 0 Å². The number of nitrogens with zero attached hydrogens (tertiary/aromatic N) is 1. The molecule has 0 saturated heterocycles. The molecule has 0 heterocycles. The Morgan fingerprint density at radius 2 is 1.37 bits per heavy atom. The number of amides is 3. The van der Waals surface area contributed by atoms with Crippen LogP contribution in [0.2, 0.25) is 5.02 Å². The van der Waals surface area contributed by atoms with Crippen molar-refractivity contribution in [2.45, 2.75) is 102 Å². The van der Waals surface area contributed by atoms with Gasteiger partial charge >= 0.3 is 0 Å². The van der Waals surface area contributed by atoms with Crippen LogP contribution in [0, 0.1) is 23.2 Å². The molecule has 4 rings (SSSR count). The largest absolute Gasteiger partial charge is 0.384 e. The lowest BCUT2D eigenvalue weighted by molar-refractivity contribution is -0.135. The molecule has 10 N–H and O–H groups in total. The average Bonchev–Trinajstić information content (AvgIpc) is 3.11. The molecule has 2 aromatic carbocycles. The summed E-state index contributed by atoms with van der Waals surface area (Å²) in [4.78, 5) is 46.0. The number of guanidine groups is 1. The number of nitrogens with one attached hydrogen (secondary N) is 4. The Kier molecular flexibility index (Phi) is 14.7.